The molecule has 0 atom stereocenters. The molecule has 0 fully saturated rings. The molecule has 10 heteroatoms. The van der Waals surface area contributed by atoms with Gasteiger partial charge in [0.15, 0.2) is 0 Å². The minimum Gasteiger partial charge on any atom is -0.496 e. The van der Waals surface area contributed by atoms with E-state index in [4.69, 9.17) is 15.4 Å². The Labute approximate surface area is 123 Å². The van der Waals surface area contributed by atoms with E-state index in [-0.39, 0.29) is 11.3 Å². The number of halogens is 4. The number of amides is 1. The minimum atomic E-state index is -4.58. The van der Waals surface area contributed by atoms with Crippen LogP contribution >= 0.6 is 10.7 Å². The summed E-state index contributed by atoms with van der Waals surface area (Å²) in [4.78, 5) is 12.0. The summed E-state index contributed by atoms with van der Waals surface area (Å²) in [5.41, 5.74) is -0.328. The van der Waals surface area contributed by atoms with Crippen LogP contribution in [0.15, 0.2) is 23.1 Å². The van der Waals surface area contributed by atoms with Crippen LogP contribution in [0.5, 0.6) is 5.75 Å². The number of ether oxygens (including phenoxy) is 1. The first-order valence-electron chi connectivity index (χ1n) is 5.40. The van der Waals surface area contributed by atoms with Crippen molar-refractivity contribution in [3.05, 3.63) is 23.8 Å². The molecule has 0 saturated heterocycles. The average Bonchev–Trinajstić information content (AvgIpc) is 2.33. The van der Waals surface area contributed by atoms with Crippen molar-refractivity contribution >= 4 is 25.6 Å². The van der Waals surface area contributed by atoms with Gasteiger partial charge in [-0.15, -0.1) is 0 Å². The van der Waals surface area contributed by atoms with E-state index < -0.39 is 32.6 Å². The van der Waals surface area contributed by atoms with Crippen LogP contribution in [0, 0.1) is 0 Å². The highest BCUT2D eigenvalue weighted by Crippen LogP contribution is 2.26. The number of hydrogen-bond donors (Lipinski definition) is 0. The van der Waals surface area contributed by atoms with E-state index in [1.165, 1.54) is 7.11 Å². The third-order valence-corrected chi connectivity index (χ3v) is 3.80. The van der Waals surface area contributed by atoms with Crippen LogP contribution in [0.4, 0.5) is 13.2 Å². The first-order chi connectivity index (χ1) is 9.45. The predicted octanol–water partition coefficient (Wildman–Crippen LogP) is 2.26. The topological polar surface area (TPSA) is 63.7 Å². The van der Waals surface area contributed by atoms with E-state index in [0.29, 0.717) is 4.90 Å². The summed E-state index contributed by atoms with van der Waals surface area (Å²) in [5.74, 6) is -1.09. The smallest absolute Gasteiger partial charge is 0.406 e. The van der Waals surface area contributed by atoms with Gasteiger partial charge in [0.1, 0.15) is 12.3 Å². The van der Waals surface area contributed by atoms with Crippen LogP contribution in [-0.4, -0.2) is 46.1 Å². The first kappa shape index (κ1) is 17.6. The number of rotatable bonds is 4. The molecule has 118 valence electrons. The summed E-state index contributed by atoms with van der Waals surface area (Å²) in [5, 5.41) is 0. The van der Waals surface area contributed by atoms with Crippen molar-refractivity contribution in [1.29, 1.82) is 0 Å². The molecule has 1 amide bonds. The lowest BCUT2D eigenvalue weighted by atomic mass is 10.1. The van der Waals surface area contributed by atoms with Gasteiger partial charge in [0.2, 0.25) is 0 Å². The quantitative estimate of drug-likeness (QED) is 0.785. The second kappa shape index (κ2) is 6.10. The molecular weight excluding hydrogens is 335 g/mol. The van der Waals surface area contributed by atoms with Gasteiger partial charge in [0.25, 0.3) is 15.0 Å². The van der Waals surface area contributed by atoms with Gasteiger partial charge in [-0.05, 0) is 18.2 Å². The second-order valence-electron chi connectivity index (χ2n) is 4.08. The number of carbonyl (C=O) groups excluding carboxylic acids is 1. The Hall–Kier alpha value is -1.48. The maximum atomic E-state index is 12.3. The number of benzene rings is 1. The fourth-order valence-electron chi connectivity index (χ4n) is 1.55. The van der Waals surface area contributed by atoms with Crippen molar-refractivity contribution in [3.8, 4) is 5.75 Å². The summed E-state index contributed by atoms with van der Waals surface area (Å²) in [6, 6.07) is 3.10. The zero-order valence-electron chi connectivity index (χ0n) is 10.9. The second-order valence-corrected chi connectivity index (χ2v) is 6.64. The lowest BCUT2D eigenvalue weighted by Gasteiger charge is -2.20. The Morgan fingerprint density at radius 2 is 1.95 bits per heavy atom. The standard InChI is InChI=1S/C11H11ClF3NO4S/c1-16(6-11(13,14)15)10(17)8-5-7(21(12,18)19)3-4-9(8)20-2/h3-5H,6H2,1-2H3. The Balaban J connectivity index is 3.24. The zero-order valence-corrected chi connectivity index (χ0v) is 12.5. The van der Waals surface area contributed by atoms with Crippen LogP contribution in [0.2, 0.25) is 0 Å². The molecule has 1 aromatic rings. The first-order valence-corrected chi connectivity index (χ1v) is 7.71. The fourth-order valence-corrected chi connectivity index (χ4v) is 2.33. The molecule has 0 radical (unpaired) electrons. The highest BCUT2D eigenvalue weighted by Gasteiger charge is 2.32. The van der Waals surface area contributed by atoms with Gasteiger partial charge in [-0.25, -0.2) is 8.42 Å². The number of nitrogens with zero attached hydrogens (tertiary/aromatic N) is 1. The number of hydrogen-bond acceptors (Lipinski definition) is 4. The maximum Gasteiger partial charge on any atom is 0.406 e. The third-order valence-electron chi connectivity index (χ3n) is 2.45. The molecule has 0 aromatic heterocycles. The normalized spacial score (nSPS) is 12.1. The summed E-state index contributed by atoms with van der Waals surface area (Å²) in [6.45, 7) is -1.48. The van der Waals surface area contributed by atoms with Gasteiger partial charge in [-0.3, -0.25) is 4.79 Å². The number of carbonyl (C=O) groups is 1. The summed E-state index contributed by atoms with van der Waals surface area (Å²) < 4.78 is 64.2. The average molecular weight is 346 g/mol. The van der Waals surface area contributed by atoms with Crippen molar-refractivity contribution in [2.24, 2.45) is 0 Å². The summed E-state index contributed by atoms with van der Waals surface area (Å²) >= 11 is 0. The molecule has 0 saturated carbocycles. The summed E-state index contributed by atoms with van der Waals surface area (Å²) in [6.07, 6.45) is -4.58. The molecule has 5 nitrogen and oxygen atoms in total. The van der Waals surface area contributed by atoms with Gasteiger partial charge >= 0.3 is 6.18 Å². The molecule has 0 heterocycles. The van der Waals surface area contributed by atoms with Gasteiger partial charge < -0.3 is 9.64 Å². The van der Waals surface area contributed by atoms with Crippen molar-refractivity contribution in [2.75, 3.05) is 20.7 Å². The molecular formula is C11H11ClF3NO4S. The van der Waals surface area contributed by atoms with Gasteiger partial charge in [-0.2, -0.15) is 13.2 Å². The van der Waals surface area contributed by atoms with Crippen LogP contribution in [0.1, 0.15) is 10.4 Å². The Bertz CT molecular complexity index is 645. The molecule has 0 unspecified atom stereocenters. The van der Waals surface area contributed by atoms with Gasteiger partial charge in [0.05, 0.1) is 17.6 Å². The molecule has 1 aromatic carbocycles. The van der Waals surface area contributed by atoms with E-state index in [0.717, 1.165) is 25.2 Å². The van der Waals surface area contributed by atoms with Crippen molar-refractivity contribution in [2.45, 2.75) is 11.1 Å². The van der Waals surface area contributed by atoms with E-state index in [2.05, 4.69) is 0 Å². The van der Waals surface area contributed by atoms with Crippen LogP contribution in [-0.2, 0) is 9.05 Å². The lowest BCUT2D eigenvalue weighted by Crippen LogP contribution is -2.36. The molecule has 0 aliphatic rings. The molecule has 0 aliphatic carbocycles. The SMILES string of the molecule is COc1ccc(S(=O)(=O)Cl)cc1C(=O)N(C)CC(F)(F)F. The fraction of sp³-hybridized carbons (Fsp3) is 0.364. The predicted molar refractivity (Wildman–Crippen MR) is 69.0 cm³/mol. The van der Waals surface area contributed by atoms with E-state index in [9.17, 15) is 26.4 Å². The molecule has 0 N–H and O–H groups in total. The van der Waals surface area contributed by atoms with Crippen LogP contribution in [0.3, 0.4) is 0 Å². The molecule has 21 heavy (non-hydrogen) atoms. The largest absolute Gasteiger partial charge is 0.496 e. The Kier molecular flexibility index (Phi) is 5.11. The third kappa shape index (κ3) is 4.78. The van der Waals surface area contributed by atoms with Gasteiger partial charge in [-0.1, -0.05) is 0 Å². The maximum absolute atomic E-state index is 12.3. The number of methoxy groups -OCH3 is 1. The van der Waals surface area contributed by atoms with Crippen molar-refractivity contribution < 1.29 is 31.1 Å². The highest BCUT2D eigenvalue weighted by molar-refractivity contribution is 8.13. The highest BCUT2D eigenvalue weighted by atomic mass is 35.7. The molecule has 0 spiro atoms. The van der Waals surface area contributed by atoms with E-state index >= 15 is 0 Å². The van der Waals surface area contributed by atoms with Crippen molar-refractivity contribution in [1.82, 2.24) is 4.90 Å². The van der Waals surface area contributed by atoms with E-state index in [1.807, 2.05) is 0 Å². The Morgan fingerprint density at radius 1 is 1.38 bits per heavy atom. The van der Waals surface area contributed by atoms with Gasteiger partial charge in [0, 0.05) is 17.7 Å². The van der Waals surface area contributed by atoms with E-state index in [1.54, 1.807) is 0 Å². The molecule has 0 aliphatic heterocycles. The lowest BCUT2D eigenvalue weighted by molar-refractivity contribution is -0.138. The van der Waals surface area contributed by atoms with Crippen LogP contribution in [0.25, 0.3) is 0 Å². The summed E-state index contributed by atoms with van der Waals surface area (Å²) in [7, 11) is 3.16. The van der Waals surface area contributed by atoms with Crippen LogP contribution < -0.4 is 4.74 Å². The van der Waals surface area contributed by atoms with Crippen molar-refractivity contribution in [3.63, 3.8) is 0 Å². The zero-order chi connectivity index (χ0) is 16.4. The monoisotopic (exact) mass is 345 g/mol. The molecule has 1 rings (SSSR count). The Morgan fingerprint density at radius 3 is 2.38 bits per heavy atom. The number of alkyl halides is 3. The molecule has 0 bridgehead atoms. The minimum absolute atomic E-state index is 0.0573.